The van der Waals surface area contributed by atoms with Crippen LogP contribution in [-0.4, -0.2) is 130 Å². The summed E-state index contributed by atoms with van der Waals surface area (Å²) in [6.45, 7) is 15.3. The number of ether oxygens (including phenoxy) is 2. The highest BCUT2D eigenvalue weighted by atomic mass is 32.2. The largest absolute Gasteiger partial charge is 0.497 e. The van der Waals surface area contributed by atoms with E-state index in [2.05, 4.69) is 5.32 Å². The Balaban J connectivity index is 1.68. The van der Waals surface area contributed by atoms with Gasteiger partial charge in [-0.2, -0.15) is 0 Å². The van der Waals surface area contributed by atoms with Crippen LogP contribution in [-0.2, 0) is 35.1 Å². The molecule has 4 amide bonds. The van der Waals surface area contributed by atoms with Gasteiger partial charge >= 0.3 is 5.97 Å². The first-order valence-corrected chi connectivity index (χ1v) is 20.8. The van der Waals surface area contributed by atoms with E-state index in [0.717, 1.165) is 10.6 Å². The average Bonchev–Trinajstić information content (AvgIpc) is 3.85. The first-order chi connectivity index (χ1) is 26.2. The topological polar surface area (TPSA) is 158 Å². The van der Waals surface area contributed by atoms with Crippen molar-refractivity contribution in [3.63, 3.8) is 0 Å². The fraction of sp³-hybridized carbons (Fsp3) is 0.667. The van der Waals surface area contributed by atoms with E-state index in [-0.39, 0.29) is 30.2 Å². The fourth-order valence-corrected chi connectivity index (χ4v) is 8.53. The molecule has 2 N–H and O–H groups in total. The molecule has 3 aliphatic heterocycles. The molecule has 2 bridgehead atoms. The number of nitrogens with one attached hydrogen (secondary N) is 1. The van der Waals surface area contributed by atoms with E-state index in [9.17, 15) is 29.1 Å². The lowest BCUT2D eigenvalue weighted by Gasteiger charge is -2.36. The molecule has 3 heterocycles. The molecule has 1 saturated heterocycles. The Morgan fingerprint density at radius 1 is 0.946 bits per heavy atom. The summed E-state index contributed by atoms with van der Waals surface area (Å²) in [5.41, 5.74) is 0.761. The summed E-state index contributed by atoms with van der Waals surface area (Å²) >= 11 is 1.56. The number of methoxy groups -OCH3 is 1. The minimum atomic E-state index is -1.03. The molecule has 1 aromatic carbocycles. The Labute approximate surface area is 337 Å². The SMILES string of the molecule is COc1ccc(C[C@@H]2NC(=O)/C(C)=C/[C@H]3CSC(=N3)[C@H](C)[C@@H](O)C[C@H](C)C[C@@H](C(C)(C)C)OC(=O)[C@@H]3CCCN3C(=O)[C@H](C)N(C)C(=O)[C@H](C)N(C)C2=O)cc1. The van der Waals surface area contributed by atoms with Gasteiger partial charge in [-0.15, -0.1) is 11.8 Å². The number of rotatable bonds is 3. The molecule has 0 spiro atoms. The van der Waals surface area contributed by atoms with Gasteiger partial charge in [-0.05, 0) is 75.5 Å². The second kappa shape index (κ2) is 19.0. The maximum absolute atomic E-state index is 14.2. The van der Waals surface area contributed by atoms with Gasteiger partial charge in [0.2, 0.25) is 23.6 Å². The number of esters is 1. The first kappa shape index (κ1) is 44.8. The number of nitrogens with zero attached hydrogens (tertiary/aromatic N) is 4. The van der Waals surface area contributed by atoms with Crippen molar-refractivity contribution in [2.75, 3.05) is 33.5 Å². The minimum Gasteiger partial charge on any atom is -0.497 e. The van der Waals surface area contributed by atoms with E-state index in [0.29, 0.717) is 49.3 Å². The van der Waals surface area contributed by atoms with Gasteiger partial charge in [0, 0.05) is 44.3 Å². The number of carbonyl (C=O) groups is 5. The molecule has 9 atom stereocenters. The summed E-state index contributed by atoms with van der Waals surface area (Å²) in [7, 11) is 4.59. The van der Waals surface area contributed by atoms with E-state index in [4.69, 9.17) is 14.5 Å². The summed E-state index contributed by atoms with van der Waals surface area (Å²) in [4.78, 5) is 78.6. The number of hydrogen-bond donors (Lipinski definition) is 2. The maximum Gasteiger partial charge on any atom is 0.329 e. The predicted octanol–water partition coefficient (Wildman–Crippen LogP) is 4.25. The van der Waals surface area contributed by atoms with Crippen LogP contribution in [0.1, 0.15) is 86.6 Å². The number of likely N-dealkylation sites (N-methyl/N-ethyl adjacent to an activating group) is 2. The Morgan fingerprint density at radius 2 is 1.57 bits per heavy atom. The normalized spacial score (nSPS) is 32.1. The summed E-state index contributed by atoms with van der Waals surface area (Å²) < 4.78 is 11.5. The number of aliphatic hydroxyl groups excluding tert-OH is 1. The number of amides is 4. The van der Waals surface area contributed by atoms with Gasteiger partial charge in [0.25, 0.3) is 0 Å². The second-order valence-corrected chi connectivity index (χ2v) is 18.0. The highest BCUT2D eigenvalue weighted by Crippen LogP contribution is 2.34. The average molecular weight is 798 g/mol. The molecule has 0 aliphatic carbocycles. The highest BCUT2D eigenvalue weighted by Gasteiger charge is 2.42. The molecule has 0 unspecified atom stereocenters. The number of thioether (sulfide) groups is 1. The van der Waals surface area contributed by atoms with E-state index in [1.54, 1.807) is 57.9 Å². The summed E-state index contributed by atoms with van der Waals surface area (Å²) in [6.07, 6.45) is 2.82. The number of benzene rings is 1. The van der Waals surface area contributed by atoms with Crippen LogP contribution in [0.5, 0.6) is 5.75 Å². The van der Waals surface area contributed by atoms with Crippen molar-refractivity contribution in [2.24, 2.45) is 22.2 Å². The van der Waals surface area contributed by atoms with Crippen molar-refractivity contribution in [1.82, 2.24) is 20.0 Å². The zero-order chi connectivity index (χ0) is 41.6. The van der Waals surface area contributed by atoms with Gasteiger partial charge in [0.15, 0.2) is 0 Å². The number of carbonyl (C=O) groups excluding carboxylic acids is 5. The summed E-state index contributed by atoms with van der Waals surface area (Å²) in [5.74, 6) is -1.23. The summed E-state index contributed by atoms with van der Waals surface area (Å²) in [5, 5.41) is 15.1. The molecule has 56 heavy (non-hydrogen) atoms. The van der Waals surface area contributed by atoms with Crippen LogP contribution in [0.25, 0.3) is 0 Å². The Morgan fingerprint density at radius 3 is 2.20 bits per heavy atom. The van der Waals surface area contributed by atoms with Crippen LogP contribution < -0.4 is 10.1 Å². The van der Waals surface area contributed by atoms with Crippen LogP contribution >= 0.6 is 11.8 Å². The van der Waals surface area contributed by atoms with Crippen LogP contribution in [0.3, 0.4) is 0 Å². The molecule has 0 radical (unpaired) electrons. The molecule has 0 saturated carbocycles. The molecule has 310 valence electrons. The molecule has 0 aromatic heterocycles. The molecule has 3 aliphatic rings. The first-order valence-electron chi connectivity index (χ1n) is 19.8. The zero-order valence-corrected chi connectivity index (χ0v) is 35.9. The molecule has 13 nitrogen and oxygen atoms in total. The second-order valence-electron chi connectivity index (χ2n) is 16.9. The van der Waals surface area contributed by atoms with Gasteiger partial charge in [-0.1, -0.05) is 52.8 Å². The van der Waals surface area contributed by atoms with Crippen molar-refractivity contribution in [3.05, 3.63) is 41.5 Å². The van der Waals surface area contributed by atoms with Crippen molar-refractivity contribution in [2.45, 2.75) is 130 Å². The Kier molecular flexibility index (Phi) is 15.2. The quantitative estimate of drug-likeness (QED) is 0.427. The van der Waals surface area contributed by atoms with Crippen molar-refractivity contribution in [1.29, 1.82) is 0 Å². The van der Waals surface area contributed by atoms with Gasteiger partial charge in [0.1, 0.15) is 36.0 Å². The Hall–Kier alpha value is -3.91. The third kappa shape index (κ3) is 10.9. The molecule has 14 heteroatoms. The third-order valence-corrected chi connectivity index (χ3v) is 12.8. The van der Waals surface area contributed by atoms with Gasteiger partial charge in [-0.3, -0.25) is 24.2 Å². The number of aliphatic imine (C=N–C) groups is 1. The van der Waals surface area contributed by atoms with Gasteiger partial charge in [-0.25, -0.2) is 4.79 Å². The number of fused-ring (bicyclic) bond motifs is 2. The van der Waals surface area contributed by atoms with Crippen LogP contribution in [0.15, 0.2) is 40.9 Å². The maximum atomic E-state index is 14.2. The molecule has 4 rings (SSSR count). The lowest BCUT2D eigenvalue weighted by Crippen LogP contribution is -2.57. The van der Waals surface area contributed by atoms with Crippen LogP contribution in [0, 0.1) is 17.3 Å². The lowest BCUT2D eigenvalue weighted by molar-refractivity contribution is -0.165. The number of aliphatic hydroxyl groups is 1. The van der Waals surface area contributed by atoms with Crippen LogP contribution in [0.4, 0.5) is 0 Å². The predicted molar refractivity (Wildman–Crippen MR) is 218 cm³/mol. The van der Waals surface area contributed by atoms with E-state index < -0.39 is 65.5 Å². The Bertz CT molecular complexity index is 1660. The summed E-state index contributed by atoms with van der Waals surface area (Å²) in [6, 6.07) is 3.15. The van der Waals surface area contributed by atoms with E-state index >= 15 is 0 Å². The van der Waals surface area contributed by atoms with Crippen molar-refractivity contribution >= 4 is 46.4 Å². The van der Waals surface area contributed by atoms with Gasteiger partial charge in [0.05, 0.1) is 24.3 Å². The highest BCUT2D eigenvalue weighted by molar-refractivity contribution is 8.14. The third-order valence-electron chi connectivity index (χ3n) is 11.5. The lowest BCUT2D eigenvalue weighted by atomic mass is 9.81. The van der Waals surface area contributed by atoms with E-state index in [1.807, 2.05) is 46.8 Å². The van der Waals surface area contributed by atoms with Gasteiger partial charge < -0.3 is 34.6 Å². The smallest absolute Gasteiger partial charge is 0.329 e. The monoisotopic (exact) mass is 797 g/mol. The standard InChI is InChI=1S/C42H63N5O8S/c1-24-19-34(48)26(3)37-43-30(23-56-37)21-25(2)36(49)44-32(22-29-14-16-31(54-11)17-15-29)40(52)46(10)27(4)38(50)45(9)28(5)39(51)47-18-12-13-33(47)41(53)55-35(20-24)42(6,7)8/h14-17,21,24,26-28,30,32-35,48H,12-13,18-20,22-23H2,1-11H3,(H,44,49)/b25-21+/t24-,26+,27-,28-,30-,32-,33-,34-,35-/m0/s1. The number of cyclic esters (lactones) is 1. The minimum absolute atomic E-state index is 0.00211. The van der Waals surface area contributed by atoms with Crippen molar-refractivity contribution < 1.29 is 38.6 Å². The fourth-order valence-electron chi connectivity index (χ4n) is 7.39. The zero-order valence-electron chi connectivity index (χ0n) is 35.0. The molecule has 1 aromatic rings. The molecular weight excluding hydrogens is 735 g/mol. The number of hydrogen-bond acceptors (Lipinski definition) is 10. The van der Waals surface area contributed by atoms with Crippen molar-refractivity contribution in [3.8, 4) is 5.75 Å². The van der Waals surface area contributed by atoms with Crippen LogP contribution in [0.2, 0.25) is 0 Å². The molecular formula is C42H63N5O8S. The molecule has 1 fully saturated rings. The van der Waals surface area contributed by atoms with E-state index in [1.165, 1.54) is 28.8 Å².